The van der Waals surface area contributed by atoms with E-state index in [1.807, 2.05) is 24.4 Å². The van der Waals surface area contributed by atoms with E-state index in [9.17, 15) is 5.26 Å². The molecular formula is C27H26N4. The van der Waals surface area contributed by atoms with Gasteiger partial charge in [-0.05, 0) is 54.7 Å². The highest BCUT2D eigenvalue weighted by molar-refractivity contribution is 5.90. The lowest BCUT2D eigenvalue weighted by atomic mass is 10.0. The number of nitrogens with one attached hydrogen (secondary N) is 2. The summed E-state index contributed by atoms with van der Waals surface area (Å²) in [5, 5.41) is 14.3. The highest BCUT2D eigenvalue weighted by Gasteiger charge is 2.11. The van der Waals surface area contributed by atoms with Crippen LogP contribution >= 0.6 is 0 Å². The summed E-state index contributed by atoms with van der Waals surface area (Å²) < 4.78 is 0. The molecule has 0 aliphatic carbocycles. The van der Waals surface area contributed by atoms with Crippen molar-refractivity contribution in [2.75, 3.05) is 5.32 Å². The fourth-order valence-corrected chi connectivity index (χ4v) is 3.74. The van der Waals surface area contributed by atoms with Crippen molar-refractivity contribution in [1.82, 2.24) is 9.97 Å². The summed E-state index contributed by atoms with van der Waals surface area (Å²) in [6.07, 6.45) is 13.0. The Hall–Kier alpha value is -3.84. The smallest absolute Gasteiger partial charge is 0.103 e. The van der Waals surface area contributed by atoms with Crippen LogP contribution in [0.3, 0.4) is 0 Å². The molecule has 0 amide bonds. The van der Waals surface area contributed by atoms with E-state index in [1.165, 1.54) is 18.4 Å². The quantitative estimate of drug-likeness (QED) is 0.347. The second-order valence-corrected chi connectivity index (χ2v) is 7.74. The Morgan fingerprint density at radius 2 is 1.90 bits per heavy atom. The van der Waals surface area contributed by atoms with E-state index in [2.05, 4.69) is 71.6 Å². The molecule has 4 heteroatoms. The van der Waals surface area contributed by atoms with Gasteiger partial charge in [0, 0.05) is 40.7 Å². The van der Waals surface area contributed by atoms with Crippen LogP contribution in [0, 0.1) is 18.3 Å². The molecule has 154 valence electrons. The lowest BCUT2D eigenvalue weighted by Crippen LogP contribution is -1.99. The van der Waals surface area contributed by atoms with Crippen molar-refractivity contribution < 1.29 is 0 Å². The molecule has 0 saturated carbocycles. The molecule has 0 saturated heterocycles. The van der Waals surface area contributed by atoms with Gasteiger partial charge in [0.25, 0.3) is 0 Å². The average Bonchev–Trinajstić information content (AvgIpc) is 3.29. The molecule has 2 aromatic carbocycles. The largest absolute Gasteiger partial charge is 0.361 e. The van der Waals surface area contributed by atoms with Gasteiger partial charge in [0.15, 0.2) is 0 Å². The molecule has 0 fully saturated rings. The fourth-order valence-electron chi connectivity index (χ4n) is 3.74. The van der Waals surface area contributed by atoms with Crippen LogP contribution in [0.25, 0.3) is 23.1 Å². The molecule has 0 spiro atoms. The minimum atomic E-state index is 0.519. The number of fused-ring (bicyclic) bond motifs is 1. The number of hydrogen-bond acceptors (Lipinski definition) is 3. The second kappa shape index (κ2) is 9.32. The van der Waals surface area contributed by atoms with Crippen LogP contribution in [0.4, 0.5) is 11.4 Å². The summed E-state index contributed by atoms with van der Waals surface area (Å²) in [7, 11) is 0. The van der Waals surface area contributed by atoms with Gasteiger partial charge >= 0.3 is 0 Å². The predicted octanol–water partition coefficient (Wildman–Crippen LogP) is 7.00. The van der Waals surface area contributed by atoms with Crippen molar-refractivity contribution in [3.8, 4) is 6.07 Å². The van der Waals surface area contributed by atoms with Crippen molar-refractivity contribution in [1.29, 1.82) is 5.26 Å². The first-order valence-electron chi connectivity index (χ1n) is 10.7. The Bertz CT molecular complexity index is 1260. The van der Waals surface area contributed by atoms with E-state index in [0.717, 1.165) is 45.4 Å². The summed E-state index contributed by atoms with van der Waals surface area (Å²) in [6.45, 7) is 4.30. The monoisotopic (exact) mass is 406 g/mol. The number of benzene rings is 2. The summed E-state index contributed by atoms with van der Waals surface area (Å²) in [4.78, 5) is 7.50. The standard InChI is InChI=1S/C27H26N4/c1-3-4-5-20-6-8-21(9-7-20)10-11-22-17-29-18-23(16-28)27(22)31-25-12-13-26-24(19(25)2)14-15-30-26/h6-15,17-18,30H,3-5H2,1-2H3,(H,29,31)/b11-10+. The fraction of sp³-hybridized carbons (Fsp3) is 0.185. The van der Waals surface area contributed by atoms with E-state index < -0.39 is 0 Å². The molecule has 0 radical (unpaired) electrons. The number of unbranched alkanes of at least 4 members (excludes halogenated alkanes) is 1. The van der Waals surface area contributed by atoms with E-state index in [-0.39, 0.29) is 0 Å². The Morgan fingerprint density at radius 3 is 2.68 bits per heavy atom. The number of rotatable bonds is 7. The highest BCUT2D eigenvalue weighted by atomic mass is 14.9. The van der Waals surface area contributed by atoms with Gasteiger partial charge in [-0.25, -0.2) is 0 Å². The maximum atomic E-state index is 9.66. The summed E-state index contributed by atoms with van der Waals surface area (Å²) >= 11 is 0. The molecule has 4 aromatic rings. The number of pyridine rings is 1. The Labute approximate surface area is 183 Å². The first-order chi connectivity index (χ1) is 15.2. The van der Waals surface area contributed by atoms with Crippen molar-refractivity contribution in [2.45, 2.75) is 33.1 Å². The van der Waals surface area contributed by atoms with Gasteiger partial charge in [-0.1, -0.05) is 49.8 Å². The maximum absolute atomic E-state index is 9.66. The first-order valence-corrected chi connectivity index (χ1v) is 10.7. The van der Waals surface area contributed by atoms with Crippen molar-refractivity contribution in [3.05, 3.63) is 88.9 Å². The van der Waals surface area contributed by atoms with Crippen molar-refractivity contribution >= 4 is 34.4 Å². The van der Waals surface area contributed by atoms with E-state index in [4.69, 9.17) is 0 Å². The van der Waals surface area contributed by atoms with Crippen LogP contribution in [0.2, 0.25) is 0 Å². The molecule has 0 aliphatic heterocycles. The maximum Gasteiger partial charge on any atom is 0.103 e. The third kappa shape index (κ3) is 4.51. The number of H-pyrrole nitrogens is 1. The Morgan fingerprint density at radius 1 is 1.06 bits per heavy atom. The third-order valence-corrected chi connectivity index (χ3v) is 5.61. The molecular weight excluding hydrogens is 380 g/mol. The molecule has 0 atom stereocenters. The van der Waals surface area contributed by atoms with Crippen LogP contribution in [0.5, 0.6) is 0 Å². The van der Waals surface area contributed by atoms with Crippen LogP contribution < -0.4 is 5.32 Å². The number of aromatic amines is 1. The van der Waals surface area contributed by atoms with Gasteiger partial charge in [-0.15, -0.1) is 0 Å². The lowest BCUT2D eigenvalue weighted by Gasteiger charge is -2.14. The number of aromatic nitrogens is 2. The molecule has 4 rings (SSSR count). The molecule has 2 aromatic heterocycles. The van der Waals surface area contributed by atoms with E-state index in [1.54, 1.807) is 12.4 Å². The normalized spacial score (nSPS) is 11.1. The lowest BCUT2D eigenvalue weighted by molar-refractivity contribution is 0.795. The Balaban J connectivity index is 1.63. The van der Waals surface area contributed by atoms with Crippen LogP contribution in [0.1, 0.15) is 47.6 Å². The van der Waals surface area contributed by atoms with Gasteiger partial charge in [0.2, 0.25) is 0 Å². The van der Waals surface area contributed by atoms with E-state index in [0.29, 0.717) is 5.56 Å². The van der Waals surface area contributed by atoms with Crippen molar-refractivity contribution in [2.24, 2.45) is 0 Å². The number of hydrogen-bond donors (Lipinski definition) is 2. The number of anilines is 2. The number of nitriles is 1. The third-order valence-electron chi connectivity index (χ3n) is 5.61. The zero-order chi connectivity index (χ0) is 21.6. The van der Waals surface area contributed by atoms with Gasteiger partial charge < -0.3 is 10.3 Å². The topological polar surface area (TPSA) is 64.5 Å². The molecule has 2 heterocycles. The SMILES string of the molecule is CCCCc1ccc(/C=C/c2cncc(C#N)c2Nc2ccc3[nH]ccc3c2C)cc1. The molecule has 4 nitrogen and oxygen atoms in total. The molecule has 31 heavy (non-hydrogen) atoms. The predicted molar refractivity (Wildman–Crippen MR) is 129 cm³/mol. The van der Waals surface area contributed by atoms with Gasteiger partial charge in [0.05, 0.1) is 11.3 Å². The first kappa shape index (κ1) is 20.4. The zero-order valence-electron chi connectivity index (χ0n) is 17.9. The van der Waals surface area contributed by atoms with Crippen LogP contribution in [-0.4, -0.2) is 9.97 Å². The Kier molecular flexibility index (Phi) is 6.14. The average molecular weight is 407 g/mol. The number of nitrogens with zero attached hydrogens (tertiary/aromatic N) is 2. The molecule has 0 bridgehead atoms. The second-order valence-electron chi connectivity index (χ2n) is 7.74. The zero-order valence-corrected chi connectivity index (χ0v) is 17.9. The summed E-state index contributed by atoms with van der Waals surface area (Å²) in [5.41, 5.74) is 7.87. The highest BCUT2D eigenvalue weighted by Crippen LogP contribution is 2.31. The molecule has 2 N–H and O–H groups in total. The number of aryl methyl sites for hydroxylation is 2. The minimum absolute atomic E-state index is 0.519. The minimum Gasteiger partial charge on any atom is -0.361 e. The van der Waals surface area contributed by atoms with Crippen LogP contribution in [-0.2, 0) is 6.42 Å². The van der Waals surface area contributed by atoms with Gasteiger partial charge in [-0.2, -0.15) is 5.26 Å². The van der Waals surface area contributed by atoms with Gasteiger partial charge in [0.1, 0.15) is 6.07 Å². The van der Waals surface area contributed by atoms with E-state index >= 15 is 0 Å². The molecule has 0 aliphatic rings. The van der Waals surface area contributed by atoms with Crippen molar-refractivity contribution in [3.63, 3.8) is 0 Å². The van der Waals surface area contributed by atoms with Gasteiger partial charge in [-0.3, -0.25) is 4.98 Å². The molecule has 0 unspecified atom stereocenters. The van der Waals surface area contributed by atoms with Crippen LogP contribution in [0.15, 0.2) is 61.1 Å². The summed E-state index contributed by atoms with van der Waals surface area (Å²) in [5.74, 6) is 0. The summed E-state index contributed by atoms with van der Waals surface area (Å²) in [6, 6.07) is 17.1.